The fourth-order valence-electron chi connectivity index (χ4n) is 1.13. The summed E-state index contributed by atoms with van der Waals surface area (Å²) in [6, 6.07) is 5.64. The Kier molecular flexibility index (Phi) is 2.89. The monoisotopic (exact) mass is 193 g/mol. The molecule has 0 aromatic heterocycles. The summed E-state index contributed by atoms with van der Waals surface area (Å²) in [5.41, 5.74) is 13.7. The van der Waals surface area contributed by atoms with Crippen LogP contribution in [0, 0.1) is 0 Å². The van der Waals surface area contributed by atoms with Crippen molar-refractivity contribution >= 4 is 17.1 Å². The van der Waals surface area contributed by atoms with Crippen molar-refractivity contribution < 1.29 is 0 Å². The number of rotatable bonds is 3. The van der Waals surface area contributed by atoms with E-state index in [2.05, 4.69) is 26.1 Å². The van der Waals surface area contributed by atoms with Crippen LogP contribution < -0.4 is 16.8 Å². The van der Waals surface area contributed by atoms with Gasteiger partial charge in [-0.15, -0.1) is 0 Å². The van der Waals surface area contributed by atoms with E-state index in [1.807, 2.05) is 18.2 Å². The van der Waals surface area contributed by atoms with Gasteiger partial charge < -0.3 is 16.8 Å². The van der Waals surface area contributed by atoms with Gasteiger partial charge in [-0.2, -0.15) is 0 Å². The number of hydrogen-bond donors (Lipinski definition) is 3. The van der Waals surface area contributed by atoms with Crippen LogP contribution in [0.4, 0.5) is 17.1 Å². The Bertz CT molecular complexity index is 318. The summed E-state index contributed by atoms with van der Waals surface area (Å²) in [4.78, 5) is 0. The molecule has 1 aromatic carbocycles. The second-order valence-corrected chi connectivity index (χ2v) is 4.21. The first-order valence-corrected chi connectivity index (χ1v) is 4.88. The van der Waals surface area contributed by atoms with Gasteiger partial charge in [-0.05, 0) is 38.5 Å². The van der Waals surface area contributed by atoms with Gasteiger partial charge in [0.2, 0.25) is 0 Å². The van der Waals surface area contributed by atoms with E-state index in [1.165, 1.54) is 0 Å². The quantitative estimate of drug-likeness (QED) is 0.646. The molecule has 0 bridgehead atoms. The Morgan fingerprint density at radius 1 is 1.21 bits per heavy atom. The number of nitrogens with one attached hydrogen (secondary N) is 1. The van der Waals surface area contributed by atoms with Crippen LogP contribution in [0.1, 0.15) is 27.2 Å². The van der Waals surface area contributed by atoms with Crippen molar-refractivity contribution in [3.63, 3.8) is 0 Å². The zero-order valence-corrected chi connectivity index (χ0v) is 9.09. The summed E-state index contributed by atoms with van der Waals surface area (Å²) in [5, 5.41) is 3.40. The molecule has 14 heavy (non-hydrogen) atoms. The molecule has 0 spiro atoms. The predicted molar refractivity (Wildman–Crippen MR) is 63.3 cm³/mol. The lowest BCUT2D eigenvalue weighted by Crippen LogP contribution is -2.29. The molecule has 0 atom stereocenters. The lowest BCUT2D eigenvalue weighted by molar-refractivity contribution is 0.547. The first kappa shape index (κ1) is 10.7. The van der Waals surface area contributed by atoms with E-state index >= 15 is 0 Å². The van der Waals surface area contributed by atoms with Crippen LogP contribution in [0.3, 0.4) is 0 Å². The highest BCUT2D eigenvalue weighted by Gasteiger charge is 2.14. The van der Waals surface area contributed by atoms with Crippen LogP contribution in [0.5, 0.6) is 0 Å². The molecule has 0 amide bonds. The van der Waals surface area contributed by atoms with Crippen molar-refractivity contribution in [1.29, 1.82) is 0 Å². The molecule has 3 heteroatoms. The van der Waals surface area contributed by atoms with E-state index in [4.69, 9.17) is 11.5 Å². The van der Waals surface area contributed by atoms with Crippen molar-refractivity contribution in [2.24, 2.45) is 0 Å². The maximum atomic E-state index is 5.72. The Morgan fingerprint density at radius 3 is 2.36 bits per heavy atom. The molecule has 0 aliphatic rings. The van der Waals surface area contributed by atoms with Crippen molar-refractivity contribution in [1.82, 2.24) is 0 Å². The first-order valence-electron chi connectivity index (χ1n) is 4.88. The van der Waals surface area contributed by atoms with Crippen molar-refractivity contribution in [2.45, 2.75) is 32.7 Å². The van der Waals surface area contributed by atoms with Crippen LogP contribution in [-0.2, 0) is 0 Å². The van der Waals surface area contributed by atoms with Gasteiger partial charge in [-0.25, -0.2) is 0 Å². The molecule has 1 rings (SSSR count). The summed E-state index contributed by atoms with van der Waals surface area (Å²) < 4.78 is 0. The lowest BCUT2D eigenvalue weighted by Gasteiger charge is -2.26. The highest BCUT2D eigenvalue weighted by molar-refractivity contribution is 5.69. The zero-order valence-electron chi connectivity index (χ0n) is 9.09. The zero-order chi connectivity index (χ0) is 10.8. The number of anilines is 3. The number of nitrogen functional groups attached to an aromatic ring is 2. The van der Waals surface area contributed by atoms with E-state index in [0.717, 1.165) is 12.1 Å². The van der Waals surface area contributed by atoms with E-state index in [1.54, 1.807) is 0 Å². The smallest absolute Gasteiger partial charge is 0.0568 e. The van der Waals surface area contributed by atoms with Crippen molar-refractivity contribution in [2.75, 3.05) is 16.8 Å². The Hall–Kier alpha value is -1.38. The average molecular weight is 193 g/mol. The van der Waals surface area contributed by atoms with Gasteiger partial charge in [-0.1, -0.05) is 6.92 Å². The second-order valence-electron chi connectivity index (χ2n) is 4.21. The topological polar surface area (TPSA) is 64.1 Å². The first-order chi connectivity index (χ1) is 6.44. The minimum absolute atomic E-state index is 0.0859. The Morgan fingerprint density at radius 2 is 1.86 bits per heavy atom. The molecular formula is C11H19N3. The SMILES string of the molecule is CCC(C)(C)Nc1ccc(N)c(N)c1. The molecule has 0 aliphatic heterocycles. The Balaban J connectivity index is 2.83. The molecular weight excluding hydrogens is 174 g/mol. The third kappa shape index (κ3) is 2.55. The summed E-state index contributed by atoms with van der Waals surface area (Å²) >= 11 is 0. The molecule has 0 heterocycles. The Labute approximate surface area is 85.5 Å². The number of nitrogens with two attached hydrogens (primary N) is 2. The van der Waals surface area contributed by atoms with E-state index in [0.29, 0.717) is 11.4 Å². The normalized spacial score (nSPS) is 11.4. The molecule has 0 aliphatic carbocycles. The molecule has 0 saturated heterocycles. The van der Waals surface area contributed by atoms with Crippen LogP contribution in [-0.4, -0.2) is 5.54 Å². The molecule has 1 aromatic rings. The minimum atomic E-state index is 0.0859. The molecule has 0 fully saturated rings. The highest BCUT2D eigenvalue weighted by Crippen LogP contribution is 2.23. The number of hydrogen-bond acceptors (Lipinski definition) is 3. The molecule has 0 unspecified atom stereocenters. The van der Waals surface area contributed by atoms with Crippen LogP contribution in [0.15, 0.2) is 18.2 Å². The maximum absolute atomic E-state index is 5.72. The van der Waals surface area contributed by atoms with Crippen molar-refractivity contribution in [3.05, 3.63) is 18.2 Å². The summed E-state index contributed by atoms with van der Waals surface area (Å²) in [5.74, 6) is 0. The second kappa shape index (κ2) is 3.78. The van der Waals surface area contributed by atoms with Crippen LogP contribution >= 0.6 is 0 Å². The summed E-state index contributed by atoms with van der Waals surface area (Å²) in [7, 11) is 0. The van der Waals surface area contributed by atoms with Crippen molar-refractivity contribution in [3.8, 4) is 0 Å². The third-order valence-electron chi connectivity index (χ3n) is 2.45. The fraction of sp³-hybridized carbons (Fsp3) is 0.455. The van der Waals surface area contributed by atoms with Crippen LogP contribution in [0.25, 0.3) is 0 Å². The standard InChI is InChI=1S/C11H19N3/c1-4-11(2,3)14-8-5-6-9(12)10(13)7-8/h5-7,14H,4,12-13H2,1-3H3. The lowest BCUT2D eigenvalue weighted by atomic mass is 10.0. The van der Waals surface area contributed by atoms with Gasteiger partial charge >= 0.3 is 0 Å². The largest absolute Gasteiger partial charge is 0.397 e. The van der Waals surface area contributed by atoms with Gasteiger partial charge in [0.05, 0.1) is 11.4 Å². The molecule has 0 radical (unpaired) electrons. The number of benzene rings is 1. The predicted octanol–water partition coefficient (Wildman–Crippen LogP) is 2.45. The summed E-state index contributed by atoms with van der Waals surface area (Å²) in [6.45, 7) is 6.45. The summed E-state index contributed by atoms with van der Waals surface area (Å²) in [6.07, 6.45) is 1.05. The molecule has 3 nitrogen and oxygen atoms in total. The minimum Gasteiger partial charge on any atom is -0.397 e. The average Bonchev–Trinajstić information content (AvgIpc) is 2.11. The van der Waals surface area contributed by atoms with Gasteiger partial charge in [0.25, 0.3) is 0 Å². The van der Waals surface area contributed by atoms with E-state index in [9.17, 15) is 0 Å². The molecule has 0 saturated carbocycles. The van der Waals surface area contributed by atoms with E-state index in [-0.39, 0.29) is 5.54 Å². The van der Waals surface area contributed by atoms with Gasteiger partial charge in [0, 0.05) is 11.2 Å². The maximum Gasteiger partial charge on any atom is 0.0568 e. The van der Waals surface area contributed by atoms with E-state index < -0.39 is 0 Å². The van der Waals surface area contributed by atoms with Gasteiger partial charge in [-0.3, -0.25) is 0 Å². The van der Waals surface area contributed by atoms with Gasteiger partial charge in [0.15, 0.2) is 0 Å². The molecule has 5 N–H and O–H groups in total. The van der Waals surface area contributed by atoms with Gasteiger partial charge in [0.1, 0.15) is 0 Å². The highest BCUT2D eigenvalue weighted by atomic mass is 15.0. The molecule has 78 valence electrons. The fourth-order valence-corrected chi connectivity index (χ4v) is 1.13. The third-order valence-corrected chi connectivity index (χ3v) is 2.45. The van der Waals surface area contributed by atoms with Crippen LogP contribution in [0.2, 0.25) is 0 Å².